The number of hydrogen-bond donors (Lipinski definition) is 2. The SMILES string of the molecule is CC(C)(O)c1ccc2c(c1)C1CCCN(C(=O)c3ccc4[nH]cnc4c3)C1C2. The van der Waals surface area contributed by atoms with E-state index in [9.17, 15) is 9.90 Å². The van der Waals surface area contributed by atoms with E-state index >= 15 is 0 Å². The van der Waals surface area contributed by atoms with E-state index in [1.54, 1.807) is 6.33 Å². The summed E-state index contributed by atoms with van der Waals surface area (Å²) >= 11 is 0. The van der Waals surface area contributed by atoms with Crippen molar-refractivity contribution in [1.82, 2.24) is 14.9 Å². The smallest absolute Gasteiger partial charge is 0.254 e. The summed E-state index contributed by atoms with van der Waals surface area (Å²) in [7, 11) is 0. The monoisotopic (exact) mass is 375 g/mol. The first-order valence-corrected chi connectivity index (χ1v) is 10.0. The van der Waals surface area contributed by atoms with E-state index < -0.39 is 5.60 Å². The van der Waals surface area contributed by atoms with Gasteiger partial charge in [-0.3, -0.25) is 4.79 Å². The summed E-state index contributed by atoms with van der Waals surface area (Å²) in [6.07, 6.45) is 4.64. The lowest BCUT2D eigenvalue weighted by Crippen LogP contribution is -2.46. The molecule has 0 radical (unpaired) electrons. The number of nitrogens with zero attached hydrogens (tertiary/aromatic N) is 2. The van der Waals surface area contributed by atoms with E-state index in [1.165, 1.54) is 11.1 Å². The third kappa shape index (κ3) is 2.73. The van der Waals surface area contributed by atoms with Crippen molar-refractivity contribution in [3.63, 3.8) is 0 Å². The standard InChI is InChI=1S/C23H25N3O2/c1-23(2,28)16-7-5-14-11-21-17(18(14)12-16)4-3-9-26(21)22(27)15-6-8-19-20(10-15)25-13-24-19/h5-8,10,12-13,17,21,28H,3-4,9,11H2,1-2H3,(H,24,25). The highest BCUT2D eigenvalue weighted by Gasteiger charge is 2.41. The first-order chi connectivity index (χ1) is 13.4. The van der Waals surface area contributed by atoms with E-state index in [0.29, 0.717) is 11.5 Å². The highest BCUT2D eigenvalue weighted by atomic mass is 16.3. The molecule has 1 aliphatic heterocycles. The summed E-state index contributed by atoms with van der Waals surface area (Å²) in [5, 5.41) is 10.4. The van der Waals surface area contributed by atoms with Crippen LogP contribution in [0.15, 0.2) is 42.7 Å². The maximum Gasteiger partial charge on any atom is 0.254 e. The second kappa shape index (κ2) is 6.17. The summed E-state index contributed by atoms with van der Waals surface area (Å²) in [6.45, 7) is 4.44. The molecular formula is C23H25N3O2. The molecule has 0 bridgehead atoms. The van der Waals surface area contributed by atoms with Gasteiger partial charge in [0, 0.05) is 24.1 Å². The molecule has 3 aromatic rings. The van der Waals surface area contributed by atoms with Gasteiger partial charge in [0.25, 0.3) is 5.91 Å². The number of amides is 1. The van der Waals surface area contributed by atoms with Crippen molar-refractivity contribution < 1.29 is 9.90 Å². The molecule has 28 heavy (non-hydrogen) atoms. The number of aliphatic hydroxyl groups is 1. The third-order valence-corrected chi connectivity index (χ3v) is 6.39. The second-order valence-electron chi connectivity index (χ2n) is 8.63. The Morgan fingerprint density at radius 3 is 2.93 bits per heavy atom. The predicted molar refractivity (Wildman–Crippen MR) is 108 cm³/mol. The average molecular weight is 375 g/mol. The number of nitrogens with one attached hydrogen (secondary N) is 1. The van der Waals surface area contributed by atoms with Crippen LogP contribution < -0.4 is 0 Å². The van der Waals surface area contributed by atoms with Crippen LogP contribution in [0.2, 0.25) is 0 Å². The molecule has 1 aliphatic carbocycles. The van der Waals surface area contributed by atoms with Crippen LogP contribution in [0.1, 0.15) is 59.7 Å². The molecule has 2 atom stereocenters. The average Bonchev–Trinajstić information content (AvgIpc) is 3.29. The molecule has 2 aliphatic rings. The maximum absolute atomic E-state index is 13.3. The highest BCUT2D eigenvalue weighted by Crippen LogP contribution is 2.43. The number of imidazole rings is 1. The molecule has 1 fully saturated rings. The Morgan fingerprint density at radius 1 is 1.25 bits per heavy atom. The minimum absolute atomic E-state index is 0.0927. The van der Waals surface area contributed by atoms with Gasteiger partial charge in [-0.15, -0.1) is 0 Å². The van der Waals surface area contributed by atoms with E-state index in [-0.39, 0.29) is 11.9 Å². The molecule has 2 unspecified atom stereocenters. The number of H-pyrrole nitrogens is 1. The molecule has 5 nitrogen and oxygen atoms in total. The number of likely N-dealkylation sites (tertiary alicyclic amines) is 1. The molecule has 1 aromatic heterocycles. The van der Waals surface area contributed by atoms with Crippen molar-refractivity contribution >= 4 is 16.9 Å². The van der Waals surface area contributed by atoms with Gasteiger partial charge in [0.2, 0.25) is 0 Å². The fourth-order valence-corrected chi connectivity index (χ4v) is 4.89. The first-order valence-electron chi connectivity index (χ1n) is 10.0. The number of aromatic amines is 1. The Balaban J connectivity index is 1.47. The lowest BCUT2D eigenvalue weighted by molar-refractivity contribution is 0.0594. The van der Waals surface area contributed by atoms with Crippen molar-refractivity contribution in [3.8, 4) is 0 Å². The van der Waals surface area contributed by atoms with Crippen LogP contribution in [0.5, 0.6) is 0 Å². The zero-order chi connectivity index (χ0) is 19.5. The fourth-order valence-electron chi connectivity index (χ4n) is 4.89. The van der Waals surface area contributed by atoms with Gasteiger partial charge in [-0.2, -0.15) is 0 Å². The molecule has 2 aromatic carbocycles. The van der Waals surface area contributed by atoms with E-state index in [0.717, 1.165) is 42.4 Å². The van der Waals surface area contributed by atoms with Crippen LogP contribution in [0, 0.1) is 0 Å². The van der Waals surface area contributed by atoms with Gasteiger partial charge < -0.3 is 15.0 Å². The zero-order valence-electron chi connectivity index (χ0n) is 16.3. The highest BCUT2D eigenvalue weighted by molar-refractivity contribution is 5.97. The molecule has 144 valence electrons. The van der Waals surface area contributed by atoms with Crippen LogP contribution in [-0.2, 0) is 12.0 Å². The third-order valence-electron chi connectivity index (χ3n) is 6.39. The number of piperidine rings is 1. The van der Waals surface area contributed by atoms with Crippen LogP contribution in [0.25, 0.3) is 11.0 Å². The van der Waals surface area contributed by atoms with Gasteiger partial charge in [-0.05, 0) is 68.0 Å². The fraction of sp³-hybridized carbons (Fsp3) is 0.391. The Bertz CT molecular complexity index is 1060. The van der Waals surface area contributed by atoms with Crippen molar-refractivity contribution in [2.45, 2.75) is 50.7 Å². The number of carbonyl (C=O) groups is 1. The van der Waals surface area contributed by atoms with Gasteiger partial charge in [0.1, 0.15) is 0 Å². The van der Waals surface area contributed by atoms with Crippen molar-refractivity contribution in [1.29, 1.82) is 0 Å². The summed E-state index contributed by atoms with van der Waals surface area (Å²) in [5.74, 6) is 0.444. The Labute approximate surface area is 164 Å². The van der Waals surface area contributed by atoms with E-state index in [1.807, 2.05) is 38.1 Å². The molecule has 2 heterocycles. The van der Waals surface area contributed by atoms with Gasteiger partial charge >= 0.3 is 0 Å². The number of fused-ring (bicyclic) bond motifs is 4. The number of carbonyl (C=O) groups excluding carboxylic acids is 1. The Kier molecular flexibility index (Phi) is 3.85. The Morgan fingerprint density at radius 2 is 2.11 bits per heavy atom. The number of hydrogen-bond acceptors (Lipinski definition) is 3. The molecule has 0 spiro atoms. The summed E-state index contributed by atoms with van der Waals surface area (Å²) in [4.78, 5) is 22.8. The molecule has 1 amide bonds. The van der Waals surface area contributed by atoms with Crippen molar-refractivity contribution in [2.75, 3.05) is 6.54 Å². The summed E-state index contributed by atoms with van der Waals surface area (Å²) in [6, 6.07) is 12.2. The number of rotatable bonds is 2. The normalized spacial score (nSPS) is 21.6. The minimum Gasteiger partial charge on any atom is -0.386 e. The summed E-state index contributed by atoms with van der Waals surface area (Å²) < 4.78 is 0. The molecule has 5 heteroatoms. The molecule has 0 saturated carbocycles. The largest absolute Gasteiger partial charge is 0.386 e. The topological polar surface area (TPSA) is 69.2 Å². The lowest BCUT2D eigenvalue weighted by atomic mass is 9.86. The number of benzene rings is 2. The first kappa shape index (κ1) is 17.4. The van der Waals surface area contributed by atoms with Crippen LogP contribution in [0.4, 0.5) is 0 Å². The van der Waals surface area contributed by atoms with Crippen molar-refractivity contribution in [2.24, 2.45) is 0 Å². The molecule has 2 N–H and O–H groups in total. The van der Waals surface area contributed by atoms with Crippen LogP contribution >= 0.6 is 0 Å². The zero-order valence-corrected chi connectivity index (χ0v) is 16.3. The van der Waals surface area contributed by atoms with E-state index in [2.05, 4.69) is 27.0 Å². The van der Waals surface area contributed by atoms with E-state index in [4.69, 9.17) is 0 Å². The molecule has 1 saturated heterocycles. The second-order valence-corrected chi connectivity index (χ2v) is 8.63. The van der Waals surface area contributed by atoms with Gasteiger partial charge in [0.15, 0.2) is 0 Å². The maximum atomic E-state index is 13.3. The Hall–Kier alpha value is -2.66. The summed E-state index contributed by atoms with van der Waals surface area (Å²) in [5.41, 5.74) is 5.18. The minimum atomic E-state index is -0.851. The van der Waals surface area contributed by atoms with Crippen molar-refractivity contribution in [3.05, 3.63) is 65.0 Å². The van der Waals surface area contributed by atoms with Gasteiger partial charge in [-0.1, -0.05) is 18.2 Å². The molecular weight excluding hydrogens is 350 g/mol. The van der Waals surface area contributed by atoms with Crippen LogP contribution in [-0.4, -0.2) is 38.5 Å². The quantitative estimate of drug-likeness (QED) is 0.717. The van der Waals surface area contributed by atoms with Gasteiger partial charge in [0.05, 0.1) is 23.0 Å². The van der Waals surface area contributed by atoms with Crippen LogP contribution in [0.3, 0.4) is 0 Å². The number of aromatic nitrogens is 2. The lowest BCUT2D eigenvalue weighted by Gasteiger charge is -2.38. The predicted octanol–water partition coefficient (Wildman–Crippen LogP) is 3.73. The van der Waals surface area contributed by atoms with Gasteiger partial charge in [-0.25, -0.2) is 4.98 Å². The molecule has 5 rings (SSSR count).